The van der Waals surface area contributed by atoms with Gasteiger partial charge in [0.2, 0.25) is 5.91 Å². The average Bonchev–Trinajstić information content (AvgIpc) is 2.45. The summed E-state index contributed by atoms with van der Waals surface area (Å²) >= 11 is 0. The normalized spacial score (nSPS) is 26.6. The summed E-state index contributed by atoms with van der Waals surface area (Å²) in [5, 5.41) is 0. The van der Waals surface area contributed by atoms with Gasteiger partial charge in [-0.15, -0.1) is 0 Å². The molecule has 2 nitrogen and oxygen atoms in total. The van der Waals surface area contributed by atoms with Crippen molar-refractivity contribution in [1.29, 1.82) is 0 Å². The van der Waals surface area contributed by atoms with Gasteiger partial charge in [0.15, 0.2) is 0 Å². The van der Waals surface area contributed by atoms with E-state index in [4.69, 9.17) is 0 Å². The van der Waals surface area contributed by atoms with Crippen LogP contribution in [0.25, 0.3) is 0 Å². The van der Waals surface area contributed by atoms with Crippen LogP contribution in [-0.2, 0) is 4.79 Å². The minimum Gasteiger partial charge on any atom is -0.305 e. The van der Waals surface area contributed by atoms with Gasteiger partial charge in [-0.25, -0.2) is 0 Å². The number of carbonyl (C=O) groups is 1. The molecular weight excluding hydrogens is 246 g/mol. The number of amides is 1. The zero-order valence-electron chi connectivity index (χ0n) is 12.8. The van der Waals surface area contributed by atoms with Crippen molar-refractivity contribution in [2.45, 2.75) is 52.5 Å². The summed E-state index contributed by atoms with van der Waals surface area (Å²) in [6.07, 6.45) is 17.5. The van der Waals surface area contributed by atoms with Crippen LogP contribution in [0.1, 0.15) is 46.5 Å². The summed E-state index contributed by atoms with van der Waals surface area (Å²) in [5.74, 6) is 0.601. The van der Waals surface area contributed by atoms with Gasteiger partial charge >= 0.3 is 0 Å². The molecule has 1 aliphatic heterocycles. The standard InChI is InChI=1S/C15H17NO.C3H8/c1-11(17)16-14-8-4-2-6-12(14)10-13-7-3-5-9-15(13)16;1-3-2/h2,4,6-9,12,14H,3,5,10H2,1H3;3H2,1-2H3. The highest BCUT2D eigenvalue weighted by atomic mass is 16.2. The maximum absolute atomic E-state index is 11.9. The molecule has 0 radical (unpaired) electrons. The van der Waals surface area contributed by atoms with E-state index in [0.29, 0.717) is 5.92 Å². The Morgan fingerprint density at radius 2 is 1.85 bits per heavy atom. The highest BCUT2D eigenvalue weighted by Gasteiger charge is 2.36. The fraction of sp³-hybridized carbons (Fsp3) is 0.500. The van der Waals surface area contributed by atoms with E-state index in [0.717, 1.165) is 25.0 Å². The monoisotopic (exact) mass is 271 g/mol. The van der Waals surface area contributed by atoms with Crippen LogP contribution in [0, 0.1) is 5.92 Å². The van der Waals surface area contributed by atoms with Gasteiger partial charge in [-0.3, -0.25) is 4.79 Å². The second-order valence-electron chi connectivity index (χ2n) is 5.62. The average molecular weight is 271 g/mol. The summed E-state index contributed by atoms with van der Waals surface area (Å²) in [4.78, 5) is 13.9. The van der Waals surface area contributed by atoms with Crippen LogP contribution in [0.2, 0.25) is 0 Å². The van der Waals surface area contributed by atoms with Gasteiger partial charge in [-0.2, -0.15) is 0 Å². The molecule has 108 valence electrons. The summed E-state index contributed by atoms with van der Waals surface area (Å²) in [6.45, 7) is 5.92. The number of carbonyl (C=O) groups excluding carboxylic acids is 1. The molecule has 2 aliphatic carbocycles. The lowest BCUT2D eigenvalue weighted by Gasteiger charge is -2.43. The number of piperidine rings is 1. The zero-order chi connectivity index (χ0) is 14.5. The van der Waals surface area contributed by atoms with Crippen LogP contribution in [0.3, 0.4) is 0 Å². The molecule has 1 heterocycles. The van der Waals surface area contributed by atoms with E-state index in [2.05, 4.69) is 50.3 Å². The molecule has 0 saturated carbocycles. The quantitative estimate of drug-likeness (QED) is 0.640. The number of hydrogen-bond acceptors (Lipinski definition) is 1. The summed E-state index contributed by atoms with van der Waals surface area (Å²) < 4.78 is 0. The molecule has 2 atom stereocenters. The maximum atomic E-state index is 11.9. The molecule has 0 bridgehead atoms. The van der Waals surface area contributed by atoms with E-state index in [1.807, 2.05) is 4.90 Å². The molecule has 1 saturated heterocycles. The first-order valence-corrected chi connectivity index (χ1v) is 7.73. The van der Waals surface area contributed by atoms with Crippen molar-refractivity contribution < 1.29 is 4.79 Å². The molecule has 0 aromatic rings. The predicted molar refractivity (Wildman–Crippen MR) is 84.1 cm³/mol. The van der Waals surface area contributed by atoms with Crippen molar-refractivity contribution in [3.8, 4) is 0 Å². The van der Waals surface area contributed by atoms with Gasteiger partial charge < -0.3 is 4.90 Å². The lowest BCUT2D eigenvalue weighted by molar-refractivity contribution is -0.129. The molecule has 3 aliphatic rings. The highest BCUT2D eigenvalue weighted by molar-refractivity contribution is 5.78. The van der Waals surface area contributed by atoms with Crippen molar-refractivity contribution in [2.24, 2.45) is 5.92 Å². The molecule has 3 rings (SSSR count). The van der Waals surface area contributed by atoms with Crippen LogP contribution in [-0.4, -0.2) is 16.8 Å². The number of nitrogens with zero attached hydrogens (tertiary/aromatic N) is 1. The minimum atomic E-state index is 0.152. The van der Waals surface area contributed by atoms with Crippen molar-refractivity contribution in [1.82, 2.24) is 4.90 Å². The largest absolute Gasteiger partial charge is 0.305 e. The van der Waals surface area contributed by atoms with Gasteiger partial charge in [-0.05, 0) is 24.8 Å². The van der Waals surface area contributed by atoms with E-state index in [1.165, 1.54) is 12.0 Å². The molecule has 2 unspecified atom stereocenters. The topological polar surface area (TPSA) is 20.3 Å². The van der Waals surface area contributed by atoms with Gasteiger partial charge in [0.05, 0.1) is 6.04 Å². The van der Waals surface area contributed by atoms with Crippen molar-refractivity contribution in [3.63, 3.8) is 0 Å². The first-order valence-electron chi connectivity index (χ1n) is 7.73. The number of hydrogen-bond donors (Lipinski definition) is 0. The Morgan fingerprint density at radius 3 is 2.55 bits per heavy atom. The van der Waals surface area contributed by atoms with Gasteiger partial charge in [0.1, 0.15) is 0 Å². The van der Waals surface area contributed by atoms with E-state index < -0.39 is 0 Å². The molecule has 0 N–H and O–H groups in total. The zero-order valence-corrected chi connectivity index (χ0v) is 12.8. The van der Waals surface area contributed by atoms with Crippen LogP contribution in [0.15, 0.2) is 47.7 Å². The molecule has 0 spiro atoms. The van der Waals surface area contributed by atoms with E-state index in [9.17, 15) is 4.79 Å². The van der Waals surface area contributed by atoms with Crippen LogP contribution in [0.4, 0.5) is 0 Å². The fourth-order valence-electron chi connectivity index (χ4n) is 3.06. The summed E-state index contributed by atoms with van der Waals surface area (Å²) in [7, 11) is 0. The van der Waals surface area contributed by atoms with Gasteiger partial charge in [0.25, 0.3) is 0 Å². The van der Waals surface area contributed by atoms with Crippen molar-refractivity contribution in [2.75, 3.05) is 0 Å². The third kappa shape index (κ3) is 2.95. The molecule has 20 heavy (non-hydrogen) atoms. The van der Waals surface area contributed by atoms with E-state index in [1.54, 1.807) is 6.92 Å². The molecule has 2 heteroatoms. The first kappa shape index (κ1) is 14.8. The fourth-order valence-corrected chi connectivity index (χ4v) is 3.06. The summed E-state index contributed by atoms with van der Waals surface area (Å²) in [6, 6.07) is 0.221. The molecule has 1 amide bonds. The lowest BCUT2D eigenvalue weighted by atomic mass is 9.80. The van der Waals surface area contributed by atoms with Crippen LogP contribution < -0.4 is 0 Å². The Labute approximate surface area is 122 Å². The Morgan fingerprint density at radius 1 is 1.20 bits per heavy atom. The number of allylic oxidation sites excluding steroid dienone is 5. The molecule has 0 aromatic carbocycles. The lowest BCUT2D eigenvalue weighted by Crippen LogP contribution is -2.46. The van der Waals surface area contributed by atoms with Crippen LogP contribution in [0.5, 0.6) is 0 Å². The number of rotatable bonds is 0. The van der Waals surface area contributed by atoms with E-state index in [-0.39, 0.29) is 11.9 Å². The van der Waals surface area contributed by atoms with Gasteiger partial charge in [0, 0.05) is 18.5 Å². The molecule has 0 aromatic heterocycles. The highest BCUT2D eigenvalue weighted by Crippen LogP contribution is 2.39. The molecular formula is C18H25NO. The Kier molecular flexibility index (Phi) is 4.99. The Balaban J connectivity index is 0.000000452. The maximum Gasteiger partial charge on any atom is 0.224 e. The summed E-state index contributed by atoms with van der Waals surface area (Å²) in [5.41, 5.74) is 2.51. The third-order valence-electron chi connectivity index (χ3n) is 3.79. The van der Waals surface area contributed by atoms with Crippen LogP contribution >= 0.6 is 0 Å². The predicted octanol–water partition coefficient (Wildman–Crippen LogP) is 4.37. The van der Waals surface area contributed by atoms with E-state index >= 15 is 0 Å². The Bertz CT molecular complexity index is 482. The van der Waals surface area contributed by atoms with Gasteiger partial charge in [-0.1, -0.05) is 56.7 Å². The smallest absolute Gasteiger partial charge is 0.224 e. The SMILES string of the molecule is CC(=O)N1C2=CCCC=C2CC2C=CC=CC21.CCC. The second kappa shape index (κ2) is 6.74. The number of likely N-dealkylation sites (tertiary alicyclic amines) is 1. The minimum absolute atomic E-state index is 0.152. The first-order chi connectivity index (χ1) is 9.69. The Hall–Kier alpha value is -1.57. The second-order valence-corrected chi connectivity index (χ2v) is 5.62. The van der Waals surface area contributed by atoms with Crippen molar-refractivity contribution >= 4 is 5.91 Å². The number of fused-ring (bicyclic) bond motifs is 2. The third-order valence-corrected chi connectivity index (χ3v) is 3.79. The van der Waals surface area contributed by atoms with Crippen molar-refractivity contribution in [3.05, 3.63) is 47.7 Å². The molecule has 1 fully saturated rings.